The van der Waals surface area contributed by atoms with E-state index >= 15 is 0 Å². The van der Waals surface area contributed by atoms with E-state index in [1.54, 1.807) is 11.3 Å². The number of piperidine rings is 1. The largest absolute Gasteiger partial charge is 0.465 e. The van der Waals surface area contributed by atoms with Crippen molar-refractivity contribution < 1.29 is 14.6 Å². The average molecular weight is 267 g/mol. The number of carbonyl (C=O) groups is 1. The lowest BCUT2D eigenvalue weighted by molar-refractivity contribution is -0.104. The third-order valence-corrected chi connectivity index (χ3v) is 5.21. The Kier molecular flexibility index (Phi) is 2.83. The highest BCUT2D eigenvalue weighted by Gasteiger charge is 2.45. The lowest BCUT2D eigenvalue weighted by Crippen LogP contribution is -2.51. The van der Waals surface area contributed by atoms with E-state index in [0.29, 0.717) is 6.54 Å². The molecule has 98 valence electrons. The summed E-state index contributed by atoms with van der Waals surface area (Å²) < 4.78 is 6.08. The number of nitrogens with zero attached hydrogens (tertiary/aromatic N) is 1. The van der Waals surface area contributed by atoms with Crippen molar-refractivity contribution in [1.29, 1.82) is 0 Å². The molecular weight excluding hydrogens is 250 g/mol. The monoisotopic (exact) mass is 267 g/mol. The van der Waals surface area contributed by atoms with Crippen molar-refractivity contribution in [1.82, 2.24) is 4.90 Å². The SMILES string of the molecule is C[C@H]1CC2(CCN1C(=O)O)OCCc1ccsc12. The molecule has 3 rings (SSSR count). The van der Waals surface area contributed by atoms with E-state index in [0.717, 1.165) is 25.9 Å². The molecule has 1 saturated heterocycles. The van der Waals surface area contributed by atoms with Crippen LogP contribution in [0.1, 0.15) is 30.2 Å². The molecule has 4 nitrogen and oxygen atoms in total. The van der Waals surface area contributed by atoms with Crippen LogP contribution in [0.15, 0.2) is 11.4 Å². The minimum absolute atomic E-state index is 0.0179. The van der Waals surface area contributed by atoms with Gasteiger partial charge in [0.25, 0.3) is 0 Å². The second-order valence-electron chi connectivity index (χ2n) is 5.15. The summed E-state index contributed by atoms with van der Waals surface area (Å²) in [7, 11) is 0. The van der Waals surface area contributed by atoms with Crippen molar-refractivity contribution in [3.63, 3.8) is 0 Å². The molecular formula is C13H17NO3S. The lowest BCUT2D eigenvalue weighted by Gasteiger charge is -2.46. The Labute approximate surface area is 110 Å². The predicted molar refractivity (Wildman–Crippen MR) is 69.1 cm³/mol. The zero-order chi connectivity index (χ0) is 12.8. The Morgan fingerprint density at radius 3 is 3.22 bits per heavy atom. The van der Waals surface area contributed by atoms with E-state index < -0.39 is 6.09 Å². The number of thiophene rings is 1. The Balaban J connectivity index is 1.89. The average Bonchev–Trinajstić information content (AvgIpc) is 2.78. The van der Waals surface area contributed by atoms with Gasteiger partial charge in [-0.05, 0) is 36.8 Å². The van der Waals surface area contributed by atoms with E-state index in [1.165, 1.54) is 15.3 Å². The van der Waals surface area contributed by atoms with E-state index in [4.69, 9.17) is 9.84 Å². The molecule has 18 heavy (non-hydrogen) atoms. The molecule has 3 heterocycles. The van der Waals surface area contributed by atoms with Crippen LogP contribution < -0.4 is 0 Å². The van der Waals surface area contributed by atoms with Crippen LogP contribution >= 0.6 is 11.3 Å². The molecule has 5 heteroatoms. The summed E-state index contributed by atoms with van der Waals surface area (Å²) in [6, 6.07) is 2.20. The van der Waals surface area contributed by atoms with Crippen LogP contribution in [0.3, 0.4) is 0 Å². The first-order valence-electron chi connectivity index (χ1n) is 6.33. The van der Waals surface area contributed by atoms with Crippen molar-refractivity contribution in [3.05, 3.63) is 21.9 Å². The number of likely N-dealkylation sites (tertiary alicyclic amines) is 1. The topological polar surface area (TPSA) is 49.8 Å². The standard InChI is InChI=1S/C13H17NO3S/c1-9-8-13(4-5-14(9)12(15)16)11-10(2-6-17-13)3-7-18-11/h3,7,9H,2,4-6,8H2,1H3,(H,15,16)/t9-,13?/m0/s1. The molecule has 0 aromatic carbocycles. The fourth-order valence-electron chi connectivity index (χ4n) is 3.19. The second-order valence-corrected chi connectivity index (χ2v) is 6.06. The molecule has 1 spiro atoms. The molecule has 0 radical (unpaired) electrons. The lowest BCUT2D eigenvalue weighted by atomic mass is 9.82. The fourth-order valence-corrected chi connectivity index (χ4v) is 4.34. The minimum atomic E-state index is -0.820. The maximum atomic E-state index is 11.1. The van der Waals surface area contributed by atoms with E-state index in [2.05, 4.69) is 11.4 Å². The van der Waals surface area contributed by atoms with Gasteiger partial charge in [-0.3, -0.25) is 0 Å². The van der Waals surface area contributed by atoms with Crippen molar-refractivity contribution in [3.8, 4) is 0 Å². The molecule has 1 N–H and O–H groups in total. The van der Waals surface area contributed by atoms with Crippen LogP contribution in [-0.4, -0.2) is 35.3 Å². The Bertz CT molecular complexity index is 473. The van der Waals surface area contributed by atoms with Gasteiger partial charge in [0, 0.05) is 23.9 Å². The van der Waals surface area contributed by atoms with Crippen molar-refractivity contribution >= 4 is 17.4 Å². The summed E-state index contributed by atoms with van der Waals surface area (Å²) in [5.74, 6) is 0. The summed E-state index contributed by atoms with van der Waals surface area (Å²) in [6.07, 6.45) is 1.71. The van der Waals surface area contributed by atoms with E-state index in [-0.39, 0.29) is 11.6 Å². The maximum absolute atomic E-state index is 11.1. The van der Waals surface area contributed by atoms with Crippen LogP contribution in [-0.2, 0) is 16.8 Å². The summed E-state index contributed by atoms with van der Waals surface area (Å²) in [5.41, 5.74) is 1.16. The highest BCUT2D eigenvalue weighted by molar-refractivity contribution is 7.10. The van der Waals surface area contributed by atoms with Crippen LogP contribution in [0.2, 0.25) is 0 Å². The highest BCUT2D eigenvalue weighted by atomic mass is 32.1. The van der Waals surface area contributed by atoms with Crippen LogP contribution in [0.25, 0.3) is 0 Å². The molecule has 0 saturated carbocycles. The normalized spacial score (nSPS) is 31.4. The molecule has 2 aliphatic heterocycles. The van der Waals surface area contributed by atoms with Gasteiger partial charge in [-0.25, -0.2) is 4.79 Å². The first kappa shape index (κ1) is 12.0. The van der Waals surface area contributed by atoms with Crippen LogP contribution in [0, 0.1) is 0 Å². The summed E-state index contributed by atoms with van der Waals surface area (Å²) >= 11 is 1.75. The Morgan fingerprint density at radius 2 is 2.50 bits per heavy atom. The zero-order valence-corrected chi connectivity index (χ0v) is 11.2. The van der Waals surface area contributed by atoms with Gasteiger partial charge in [0.1, 0.15) is 5.60 Å². The maximum Gasteiger partial charge on any atom is 0.407 e. The number of rotatable bonds is 0. The molecule has 2 aliphatic rings. The number of hydrogen-bond donors (Lipinski definition) is 1. The first-order chi connectivity index (χ1) is 8.62. The van der Waals surface area contributed by atoms with Gasteiger partial charge in [0.15, 0.2) is 0 Å². The van der Waals surface area contributed by atoms with Crippen LogP contribution in [0.5, 0.6) is 0 Å². The number of fused-ring (bicyclic) bond motifs is 2. The molecule has 1 amide bonds. The molecule has 1 aromatic heterocycles. The van der Waals surface area contributed by atoms with Crippen LogP contribution in [0.4, 0.5) is 4.79 Å². The minimum Gasteiger partial charge on any atom is -0.465 e. The van der Waals surface area contributed by atoms with Gasteiger partial charge in [-0.2, -0.15) is 0 Å². The quantitative estimate of drug-likeness (QED) is 0.786. The fraction of sp³-hybridized carbons (Fsp3) is 0.615. The van der Waals surface area contributed by atoms with Gasteiger partial charge in [0.2, 0.25) is 0 Å². The number of carboxylic acid groups (broad SMARTS) is 1. The van der Waals surface area contributed by atoms with Gasteiger partial charge < -0.3 is 14.7 Å². The molecule has 0 aliphatic carbocycles. The molecule has 2 atom stereocenters. The smallest absolute Gasteiger partial charge is 0.407 e. The number of amides is 1. The van der Waals surface area contributed by atoms with E-state index in [1.807, 2.05) is 6.92 Å². The second kappa shape index (κ2) is 4.24. The Hall–Kier alpha value is -1.07. The number of ether oxygens (including phenoxy) is 1. The summed E-state index contributed by atoms with van der Waals surface area (Å²) in [5, 5.41) is 11.3. The van der Waals surface area contributed by atoms with Gasteiger partial charge in [0.05, 0.1) is 6.61 Å². The molecule has 1 aromatic rings. The summed E-state index contributed by atoms with van der Waals surface area (Å²) in [4.78, 5) is 14.0. The zero-order valence-electron chi connectivity index (χ0n) is 10.4. The summed E-state index contributed by atoms with van der Waals surface area (Å²) in [6.45, 7) is 3.29. The van der Waals surface area contributed by atoms with Gasteiger partial charge >= 0.3 is 6.09 Å². The molecule has 0 bridgehead atoms. The van der Waals surface area contributed by atoms with Crippen molar-refractivity contribution in [2.45, 2.75) is 37.8 Å². The Morgan fingerprint density at radius 1 is 1.67 bits per heavy atom. The van der Waals surface area contributed by atoms with E-state index in [9.17, 15) is 4.79 Å². The van der Waals surface area contributed by atoms with Gasteiger partial charge in [-0.15, -0.1) is 11.3 Å². The number of hydrogen-bond acceptors (Lipinski definition) is 3. The first-order valence-corrected chi connectivity index (χ1v) is 7.21. The highest BCUT2D eigenvalue weighted by Crippen LogP contribution is 2.45. The third-order valence-electron chi connectivity index (χ3n) is 4.07. The molecule has 1 unspecified atom stereocenters. The van der Waals surface area contributed by atoms with Gasteiger partial charge in [-0.1, -0.05) is 0 Å². The van der Waals surface area contributed by atoms with Crippen molar-refractivity contribution in [2.24, 2.45) is 0 Å². The molecule has 1 fully saturated rings. The van der Waals surface area contributed by atoms with Crippen molar-refractivity contribution in [2.75, 3.05) is 13.2 Å². The third kappa shape index (κ3) is 1.73. The predicted octanol–water partition coefficient (Wildman–Crippen LogP) is 2.68.